The number of ether oxygens (including phenoxy) is 1. The lowest BCUT2D eigenvalue weighted by atomic mass is 9.90. The van der Waals surface area contributed by atoms with Crippen LogP contribution in [0, 0.1) is 11.3 Å². The van der Waals surface area contributed by atoms with Crippen LogP contribution in [0.3, 0.4) is 0 Å². The van der Waals surface area contributed by atoms with Crippen molar-refractivity contribution in [2.24, 2.45) is 0 Å². The third-order valence-corrected chi connectivity index (χ3v) is 9.22. The number of amides is 1. The molecule has 0 bridgehead atoms. The van der Waals surface area contributed by atoms with Crippen molar-refractivity contribution in [2.75, 3.05) is 18.4 Å². The maximum atomic E-state index is 13.8. The van der Waals surface area contributed by atoms with E-state index < -0.39 is 18.0 Å². The molecule has 6 rings (SSSR count). The minimum atomic E-state index is -1.00. The second-order valence-electron chi connectivity index (χ2n) is 10.6. The van der Waals surface area contributed by atoms with E-state index in [1.54, 1.807) is 0 Å². The van der Waals surface area contributed by atoms with Gasteiger partial charge < -0.3 is 10.1 Å². The number of nitriles is 1. The Morgan fingerprint density at radius 1 is 1.10 bits per heavy atom. The molecule has 8 heteroatoms. The quantitative estimate of drug-likeness (QED) is 0.266. The van der Waals surface area contributed by atoms with Gasteiger partial charge in [0.05, 0.1) is 16.6 Å². The van der Waals surface area contributed by atoms with Gasteiger partial charge in [0.1, 0.15) is 11.1 Å². The summed E-state index contributed by atoms with van der Waals surface area (Å²) < 4.78 is 5.95. The van der Waals surface area contributed by atoms with E-state index in [1.165, 1.54) is 16.9 Å². The summed E-state index contributed by atoms with van der Waals surface area (Å²) in [5.41, 5.74) is 6.89. The predicted octanol–water partition coefficient (Wildman–Crippen LogP) is 6.28. The zero-order valence-corrected chi connectivity index (χ0v) is 24.1. The first-order valence-electron chi connectivity index (χ1n) is 14.3. The summed E-state index contributed by atoms with van der Waals surface area (Å²) in [5, 5.41) is 14.2. The number of thiophene rings is 1. The van der Waals surface area contributed by atoms with Crippen LogP contribution < -0.4 is 5.32 Å². The van der Waals surface area contributed by atoms with Crippen molar-refractivity contribution in [3.63, 3.8) is 0 Å². The van der Waals surface area contributed by atoms with Crippen LogP contribution in [-0.2, 0) is 35.3 Å². The minimum Gasteiger partial charge on any atom is -0.449 e. The van der Waals surface area contributed by atoms with E-state index in [-0.39, 0.29) is 0 Å². The summed E-state index contributed by atoms with van der Waals surface area (Å²) >= 11 is 1.42. The average Bonchev–Trinajstić information content (AvgIpc) is 3.36. The van der Waals surface area contributed by atoms with Gasteiger partial charge in [0, 0.05) is 41.0 Å². The number of nitrogens with zero attached hydrogens (tertiary/aromatic N) is 3. The highest BCUT2D eigenvalue weighted by molar-refractivity contribution is 7.20. The Kier molecular flexibility index (Phi) is 7.57. The molecule has 1 amide bonds. The number of aryl methyl sites for hydroxylation is 1. The van der Waals surface area contributed by atoms with Gasteiger partial charge in [-0.15, -0.1) is 11.3 Å². The van der Waals surface area contributed by atoms with Gasteiger partial charge in [-0.05, 0) is 55.0 Å². The number of benzene rings is 2. The summed E-state index contributed by atoms with van der Waals surface area (Å²) in [4.78, 5) is 35.6. The number of esters is 1. The van der Waals surface area contributed by atoms with Crippen molar-refractivity contribution in [3.05, 3.63) is 82.0 Å². The van der Waals surface area contributed by atoms with E-state index in [0.29, 0.717) is 29.1 Å². The number of hydrogen-bond acceptors (Lipinski definition) is 7. The monoisotopic (exact) mass is 564 g/mol. The zero-order chi connectivity index (χ0) is 28.5. The first-order valence-corrected chi connectivity index (χ1v) is 15.1. The van der Waals surface area contributed by atoms with Gasteiger partial charge in [-0.1, -0.05) is 56.3 Å². The lowest BCUT2D eigenvalue weighted by molar-refractivity contribution is -0.124. The Balaban J connectivity index is 1.29. The van der Waals surface area contributed by atoms with Crippen LogP contribution in [0.2, 0.25) is 0 Å². The number of para-hydroxylation sites is 1. The Bertz CT molecular complexity index is 1700. The van der Waals surface area contributed by atoms with Gasteiger partial charge in [-0.2, -0.15) is 5.26 Å². The number of carbonyl (C=O) groups is 2. The van der Waals surface area contributed by atoms with E-state index in [1.807, 2.05) is 43.3 Å². The second-order valence-corrected chi connectivity index (χ2v) is 11.7. The average molecular weight is 565 g/mol. The fraction of sp³-hybridized carbons (Fsp3) is 0.333. The van der Waals surface area contributed by atoms with Gasteiger partial charge in [0.2, 0.25) is 0 Å². The van der Waals surface area contributed by atoms with Crippen LogP contribution in [0.5, 0.6) is 0 Å². The minimum absolute atomic E-state index is 0.306. The van der Waals surface area contributed by atoms with Crippen LogP contribution in [0.15, 0.2) is 48.5 Å². The van der Waals surface area contributed by atoms with E-state index in [2.05, 4.69) is 35.3 Å². The maximum Gasteiger partial charge on any atom is 0.340 e. The van der Waals surface area contributed by atoms with Crippen LogP contribution in [0.25, 0.3) is 21.3 Å². The van der Waals surface area contributed by atoms with Crippen LogP contribution >= 0.6 is 11.3 Å². The van der Waals surface area contributed by atoms with Gasteiger partial charge in [0.15, 0.2) is 6.10 Å². The molecule has 208 valence electrons. The van der Waals surface area contributed by atoms with Crippen molar-refractivity contribution in [1.82, 2.24) is 9.88 Å². The topological polar surface area (TPSA) is 95.3 Å². The molecule has 0 fully saturated rings. The molecule has 2 aromatic heterocycles. The summed E-state index contributed by atoms with van der Waals surface area (Å²) in [7, 11) is 0. The summed E-state index contributed by atoms with van der Waals surface area (Å²) in [5.74, 6) is -0.941. The smallest absolute Gasteiger partial charge is 0.340 e. The molecular weight excluding hydrogens is 532 g/mol. The predicted molar refractivity (Wildman–Crippen MR) is 161 cm³/mol. The molecule has 1 aliphatic heterocycles. The molecule has 41 heavy (non-hydrogen) atoms. The number of anilines is 1. The Morgan fingerprint density at radius 2 is 1.90 bits per heavy atom. The molecule has 3 heterocycles. The first-order chi connectivity index (χ1) is 20.0. The molecule has 4 aromatic rings. The highest BCUT2D eigenvalue weighted by atomic mass is 32.1. The highest BCUT2D eigenvalue weighted by Gasteiger charge is 2.31. The van der Waals surface area contributed by atoms with Crippen molar-refractivity contribution in [3.8, 4) is 16.5 Å². The number of carbonyl (C=O) groups excluding carboxylic acids is 2. The van der Waals surface area contributed by atoms with E-state index in [9.17, 15) is 14.9 Å². The molecule has 0 saturated carbocycles. The first kappa shape index (κ1) is 27.1. The lowest BCUT2D eigenvalue weighted by Gasteiger charge is -2.30. The molecule has 1 unspecified atom stereocenters. The van der Waals surface area contributed by atoms with Gasteiger partial charge in [0.25, 0.3) is 5.91 Å². The molecule has 2 aromatic carbocycles. The van der Waals surface area contributed by atoms with Crippen molar-refractivity contribution < 1.29 is 14.3 Å². The van der Waals surface area contributed by atoms with Gasteiger partial charge in [-0.3, -0.25) is 14.7 Å². The molecule has 0 saturated heterocycles. The number of fused-ring (bicyclic) bond motifs is 5. The third kappa shape index (κ3) is 5.01. The maximum absolute atomic E-state index is 13.8. The number of rotatable bonds is 7. The standard InChI is InChI=1S/C33H32N4O3S/c1-3-16-37-17-15-27-25(19-37)29(23-11-7-8-12-26(23)35-27)33(39)40-28(4-2)31(38)36-32-24(18-34)22-14-13-20-9-5-6-10-21(20)30(22)41-32/h5-12,28H,3-4,13-17,19H2,1-2H3,(H,36,38). The number of hydrogen-bond donors (Lipinski definition) is 1. The normalized spacial score (nSPS) is 14.9. The van der Waals surface area contributed by atoms with E-state index in [0.717, 1.165) is 76.9 Å². The Morgan fingerprint density at radius 3 is 2.71 bits per heavy atom. The summed E-state index contributed by atoms with van der Waals surface area (Å²) in [6.45, 7) is 6.44. The SMILES string of the molecule is CCCN1CCc2nc3ccccc3c(C(=O)OC(CC)C(=O)Nc3sc4c(c3C#N)CCc3ccccc3-4)c2C1. The molecule has 1 N–H and O–H groups in total. The highest BCUT2D eigenvalue weighted by Crippen LogP contribution is 2.45. The molecule has 0 radical (unpaired) electrons. The van der Waals surface area contributed by atoms with Crippen molar-refractivity contribution in [1.29, 1.82) is 5.26 Å². The van der Waals surface area contributed by atoms with Gasteiger partial charge in [-0.25, -0.2) is 4.79 Å². The number of nitrogens with one attached hydrogen (secondary N) is 1. The second kappa shape index (κ2) is 11.4. The fourth-order valence-corrected chi connectivity index (χ4v) is 7.30. The fourth-order valence-electron chi connectivity index (χ4n) is 6.04. The Labute approximate surface area is 243 Å². The van der Waals surface area contributed by atoms with E-state index >= 15 is 0 Å². The summed E-state index contributed by atoms with van der Waals surface area (Å²) in [6, 6.07) is 18.1. The summed E-state index contributed by atoms with van der Waals surface area (Å²) in [6.07, 6.45) is 2.71. The van der Waals surface area contributed by atoms with Crippen LogP contribution in [0.1, 0.15) is 65.0 Å². The molecule has 2 aliphatic rings. The van der Waals surface area contributed by atoms with Crippen molar-refractivity contribution >= 4 is 39.1 Å². The third-order valence-electron chi connectivity index (χ3n) is 8.04. The van der Waals surface area contributed by atoms with Gasteiger partial charge >= 0.3 is 5.97 Å². The van der Waals surface area contributed by atoms with Crippen LogP contribution in [-0.4, -0.2) is 41.0 Å². The molecule has 1 atom stereocenters. The lowest BCUT2D eigenvalue weighted by Crippen LogP contribution is -2.35. The number of pyridine rings is 1. The molecule has 1 aliphatic carbocycles. The van der Waals surface area contributed by atoms with Crippen LogP contribution in [0.4, 0.5) is 5.00 Å². The Hall–Kier alpha value is -4.06. The van der Waals surface area contributed by atoms with Crippen molar-refractivity contribution in [2.45, 2.75) is 58.6 Å². The van der Waals surface area contributed by atoms with E-state index in [4.69, 9.17) is 9.72 Å². The molecule has 7 nitrogen and oxygen atoms in total. The molecular formula is C33H32N4O3S. The number of aromatic nitrogens is 1. The molecule has 0 spiro atoms. The zero-order valence-electron chi connectivity index (χ0n) is 23.3. The largest absolute Gasteiger partial charge is 0.449 e.